The largest absolute Gasteiger partial charge is 0.354 e. The van der Waals surface area contributed by atoms with Gasteiger partial charge < -0.3 is 10.6 Å². The Morgan fingerprint density at radius 2 is 2.00 bits per heavy atom. The van der Waals surface area contributed by atoms with Crippen molar-refractivity contribution in [2.75, 3.05) is 13.1 Å². The van der Waals surface area contributed by atoms with E-state index in [1.165, 1.54) is 11.6 Å². The van der Waals surface area contributed by atoms with E-state index in [0.29, 0.717) is 13.1 Å². The van der Waals surface area contributed by atoms with Crippen LogP contribution in [0.15, 0.2) is 36.9 Å². The summed E-state index contributed by atoms with van der Waals surface area (Å²) in [4.78, 5) is 23.3. The van der Waals surface area contributed by atoms with Crippen molar-refractivity contribution in [3.05, 3.63) is 48.0 Å². The number of hydrogen-bond acceptors (Lipinski definition) is 2. The molecule has 1 aromatic rings. The molecule has 1 fully saturated rings. The lowest BCUT2D eigenvalue weighted by molar-refractivity contribution is -0.123. The summed E-state index contributed by atoms with van der Waals surface area (Å²) in [5.41, 5.74) is 1.90. The first-order valence-electron chi connectivity index (χ1n) is 6.84. The molecule has 4 nitrogen and oxygen atoms in total. The number of benzene rings is 1. The minimum Gasteiger partial charge on any atom is -0.354 e. The van der Waals surface area contributed by atoms with Crippen LogP contribution in [0.5, 0.6) is 0 Å². The molecule has 0 radical (unpaired) electrons. The van der Waals surface area contributed by atoms with Gasteiger partial charge in [-0.25, -0.2) is 0 Å². The SMILES string of the molecule is C=CC(=O)NCCNC(=O)C1(c2cccc(C)c2)CC1. The van der Waals surface area contributed by atoms with Gasteiger partial charge in [0.15, 0.2) is 0 Å². The van der Waals surface area contributed by atoms with Gasteiger partial charge in [-0.05, 0) is 31.4 Å². The standard InChI is InChI=1S/C16H20N2O2/c1-3-14(19)17-9-10-18-15(20)16(7-8-16)13-6-4-5-12(2)11-13/h3-6,11H,1,7-10H2,2H3,(H,17,19)(H,18,20). The number of nitrogens with one attached hydrogen (secondary N) is 2. The van der Waals surface area contributed by atoms with Crippen LogP contribution in [0.1, 0.15) is 24.0 Å². The van der Waals surface area contributed by atoms with Crippen LogP contribution in [-0.4, -0.2) is 24.9 Å². The highest BCUT2D eigenvalue weighted by Gasteiger charge is 2.50. The zero-order chi connectivity index (χ0) is 14.6. The lowest BCUT2D eigenvalue weighted by Gasteiger charge is -2.16. The smallest absolute Gasteiger partial charge is 0.243 e. The van der Waals surface area contributed by atoms with Crippen molar-refractivity contribution in [2.45, 2.75) is 25.2 Å². The number of rotatable bonds is 6. The average molecular weight is 272 g/mol. The maximum absolute atomic E-state index is 12.3. The Morgan fingerprint density at radius 1 is 1.30 bits per heavy atom. The third-order valence-electron chi connectivity index (χ3n) is 3.65. The second-order valence-electron chi connectivity index (χ2n) is 5.20. The van der Waals surface area contributed by atoms with Crippen molar-refractivity contribution in [1.29, 1.82) is 0 Å². The fourth-order valence-corrected chi connectivity index (χ4v) is 2.32. The maximum atomic E-state index is 12.3. The van der Waals surface area contributed by atoms with Gasteiger partial charge in [0.2, 0.25) is 11.8 Å². The van der Waals surface area contributed by atoms with E-state index in [-0.39, 0.29) is 17.2 Å². The van der Waals surface area contributed by atoms with E-state index in [1.807, 2.05) is 25.1 Å². The normalized spacial score (nSPS) is 15.2. The van der Waals surface area contributed by atoms with Crippen LogP contribution in [-0.2, 0) is 15.0 Å². The van der Waals surface area contributed by atoms with E-state index in [9.17, 15) is 9.59 Å². The molecule has 0 heterocycles. The average Bonchev–Trinajstić information content (AvgIpc) is 3.24. The first-order valence-corrected chi connectivity index (χ1v) is 6.84. The number of aryl methyl sites for hydroxylation is 1. The molecule has 0 spiro atoms. The van der Waals surface area contributed by atoms with Gasteiger partial charge in [-0.2, -0.15) is 0 Å². The van der Waals surface area contributed by atoms with Crippen LogP contribution in [0.3, 0.4) is 0 Å². The molecular weight excluding hydrogens is 252 g/mol. The van der Waals surface area contributed by atoms with Gasteiger partial charge in [0.1, 0.15) is 0 Å². The summed E-state index contributed by atoms with van der Waals surface area (Å²) in [6.07, 6.45) is 3.00. The van der Waals surface area contributed by atoms with E-state index < -0.39 is 0 Å². The van der Waals surface area contributed by atoms with Gasteiger partial charge in [0.05, 0.1) is 5.41 Å². The topological polar surface area (TPSA) is 58.2 Å². The lowest BCUT2D eigenvalue weighted by Crippen LogP contribution is -2.39. The summed E-state index contributed by atoms with van der Waals surface area (Å²) >= 11 is 0. The minimum atomic E-state index is -0.353. The maximum Gasteiger partial charge on any atom is 0.243 e. The van der Waals surface area contributed by atoms with Gasteiger partial charge in [-0.15, -0.1) is 0 Å². The van der Waals surface area contributed by atoms with E-state index >= 15 is 0 Å². The van der Waals surface area contributed by atoms with Crippen LogP contribution >= 0.6 is 0 Å². The molecule has 0 unspecified atom stereocenters. The van der Waals surface area contributed by atoms with Crippen molar-refractivity contribution in [2.24, 2.45) is 0 Å². The molecule has 0 bridgehead atoms. The highest BCUT2D eigenvalue weighted by atomic mass is 16.2. The molecule has 0 atom stereocenters. The number of carbonyl (C=O) groups excluding carboxylic acids is 2. The summed E-state index contributed by atoms with van der Waals surface area (Å²) in [7, 11) is 0. The number of carbonyl (C=O) groups is 2. The van der Waals surface area contributed by atoms with Gasteiger partial charge in [-0.3, -0.25) is 9.59 Å². The van der Waals surface area contributed by atoms with Crippen molar-refractivity contribution in [3.63, 3.8) is 0 Å². The van der Waals surface area contributed by atoms with Gasteiger partial charge in [0.25, 0.3) is 0 Å². The molecular formula is C16H20N2O2. The Morgan fingerprint density at radius 3 is 2.60 bits per heavy atom. The summed E-state index contributed by atoms with van der Waals surface area (Å²) in [6, 6.07) is 8.11. The Bertz CT molecular complexity index is 533. The predicted octanol–water partition coefficient (Wildman–Crippen LogP) is 1.45. The van der Waals surface area contributed by atoms with E-state index in [2.05, 4.69) is 23.3 Å². The van der Waals surface area contributed by atoms with E-state index in [0.717, 1.165) is 18.4 Å². The molecule has 106 valence electrons. The van der Waals surface area contributed by atoms with Gasteiger partial charge in [0, 0.05) is 13.1 Å². The fraction of sp³-hybridized carbons (Fsp3) is 0.375. The summed E-state index contributed by atoms with van der Waals surface area (Å²) in [5.74, 6) is -0.171. The molecule has 1 aliphatic carbocycles. The molecule has 1 aromatic carbocycles. The van der Waals surface area contributed by atoms with E-state index in [1.54, 1.807) is 0 Å². The zero-order valence-corrected chi connectivity index (χ0v) is 11.7. The summed E-state index contributed by atoms with van der Waals surface area (Å²) in [6.45, 7) is 6.26. The van der Waals surface area contributed by atoms with Gasteiger partial charge >= 0.3 is 0 Å². The highest BCUT2D eigenvalue weighted by molar-refractivity contribution is 5.91. The molecule has 2 amide bonds. The van der Waals surface area contributed by atoms with Crippen LogP contribution in [0.25, 0.3) is 0 Å². The van der Waals surface area contributed by atoms with Gasteiger partial charge in [-0.1, -0.05) is 36.4 Å². The molecule has 1 aliphatic rings. The van der Waals surface area contributed by atoms with Crippen LogP contribution in [0.4, 0.5) is 0 Å². The summed E-state index contributed by atoms with van der Waals surface area (Å²) < 4.78 is 0. The molecule has 1 saturated carbocycles. The van der Waals surface area contributed by atoms with Crippen molar-refractivity contribution < 1.29 is 9.59 Å². The second kappa shape index (κ2) is 5.90. The Balaban J connectivity index is 1.89. The minimum absolute atomic E-state index is 0.0518. The molecule has 0 saturated heterocycles. The molecule has 0 aromatic heterocycles. The number of amides is 2. The summed E-state index contributed by atoms with van der Waals surface area (Å²) in [5, 5.41) is 5.53. The second-order valence-corrected chi connectivity index (χ2v) is 5.20. The molecule has 0 aliphatic heterocycles. The third-order valence-corrected chi connectivity index (χ3v) is 3.65. The van der Waals surface area contributed by atoms with Crippen LogP contribution in [0, 0.1) is 6.92 Å². The van der Waals surface area contributed by atoms with Crippen LogP contribution in [0.2, 0.25) is 0 Å². The monoisotopic (exact) mass is 272 g/mol. The molecule has 20 heavy (non-hydrogen) atoms. The van der Waals surface area contributed by atoms with Crippen LogP contribution < -0.4 is 10.6 Å². The first kappa shape index (κ1) is 14.3. The van der Waals surface area contributed by atoms with E-state index in [4.69, 9.17) is 0 Å². The third kappa shape index (κ3) is 3.07. The van der Waals surface area contributed by atoms with Crippen molar-refractivity contribution >= 4 is 11.8 Å². The fourth-order valence-electron chi connectivity index (χ4n) is 2.32. The Labute approximate surface area is 119 Å². The highest BCUT2D eigenvalue weighted by Crippen LogP contribution is 2.48. The quantitative estimate of drug-likeness (QED) is 0.608. The molecule has 2 rings (SSSR count). The zero-order valence-electron chi connectivity index (χ0n) is 11.7. The predicted molar refractivity (Wildman–Crippen MR) is 78.3 cm³/mol. The molecule has 2 N–H and O–H groups in total. The van der Waals surface area contributed by atoms with Crippen molar-refractivity contribution in [3.8, 4) is 0 Å². The molecule has 4 heteroatoms. The lowest BCUT2D eigenvalue weighted by atomic mass is 9.93. The van der Waals surface area contributed by atoms with Crippen molar-refractivity contribution in [1.82, 2.24) is 10.6 Å². The Hall–Kier alpha value is -2.10. The number of hydrogen-bond donors (Lipinski definition) is 2. The first-order chi connectivity index (χ1) is 9.58. The Kier molecular flexibility index (Phi) is 4.23.